The first-order valence-corrected chi connectivity index (χ1v) is 6.94. The molecule has 1 unspecified atom stereocenters. The normalized spacial score (nSPS) is 15.3. The Morgan fingerprint density at radius 1 is 1.29 bits per heavy atom. The van der Waals surface area contributed by atoms with E-state index >= 15 is 0 Å². The standard InChI is InChI=1S/C15H21N3O2.ClH/c1-11(19)18-14(13-5-3-2-4-6-13)7-15(20)17-10-12-8-16-9-12;/h2-6,12,14,16H,7-10H2,1H3,(H,17,20)(H,18,19);1H. The van der Waals surface area contributed by atoms with Gasteiger partial charge in [0.1, 0.15) is 0 Å². The summed E-state index contributed by atoms with van der Waals surface area (Å²) in [6, 6.07) is 9.29. The quantitative estimate of drug-likeness (QED) is 0.734. The summed E-state index contributed by atoms with van der Waals surface area (Å²) in [4.78, 5) is 23.2. The van der Waals surface area contributed by atoms with Crippen LogP contribution in [0.3, 0.4) is 0 Å². The van der Waals surface area contributed by atoms with Crippen LogP contribution in [-0.4, -0.2) is 31.4 Å². The first kappa shape index (κ1) is 17.5. The molecule has 1 atom stereocenters. The van der Waals surface area contributed by atoms with Gasteiger partial charge >= 0.3 is 0 Å². The van der Waals surface area contributed by atoms with Gasteiger partial charge in [0, 0.05) is 32.5 Å². The second kappa shape index (κ2) is 8.64. The van der Waals surface area contributed by atoms with Gasteiger partial charge in [-0.3, -0.25) is 9.59 Å². The average Bonchev–Trinajstić information content (AvgIpc) is 2.36. The van der Waals surface area contributed by atoms with Crippen LogP contribution in [0.1, 0.15) is 24.9 Å². The molecule has 1 aliphatic rings. The van der Waals surface area contributed by atoms with Crippen LogP contribution in [0.2, 0.25) is 0 Å². The smallest absolute Gasteiger partial charge is 0.222 e. The van der Waals surface area contributed by atoms with Crippen LogP contribution in [0, 0.1) is 5.92 Å². The zero-order valence-corrected chi connectivity index (χ0v) is 12.9. The summed E-state index contributed by atoms with van der Waals surface area (Å²) in [7, 11) is 0. The lowest BCUT2D eigenvalue weighted by Gasteiger charge is -2.27. The van der Waals surface area contributed by atoms with Gasteiger partial charge in [0.05, 0.1) is 12.5 Å². The number of rotatable bonds is 6. The van der Waals surface area contributed by atoms with Crippen molar-refractivity contribution >= 4 is 24.2 Å². The predicted molar refractivity (Wildman–Crippen MR) is 84.2 cm³/mol. The van der Waals surface area contributed by atoms with Gasteiger partial charge in [-0.15, -0.1) is 12.4 Å². The first-order valence-electron chi connectivity index (χ1n) is 6.94. The molecule has 1 fully saturated rings. The fourth-order valence-corrected chi connectivity index (χ4v) is 2.19. The molecular weight excluding hydrogens is 290 g/mol. The zero-order valence-electron chi connectivity index (χ0n) is 12.1. The monoisotopic (exact) mass is 311 g/mol. The number of hydrogen-bond donors (Lipinski definition) is 3. The highest BCUT2D eigenvalue weighted by Crippen LogP contribution is 2.16. The molecule has 21 heavy (non-hydrogen) atoms. The van der Waals surface area contributed by atoms with E-state index in [9.17, 15) is 9.59 Å². The molecule has 0 radical (unpaired) electrons. The number of hydrogen-bond acceptors (Lipinski definition) is 3. The fourth-order valence-electron chi connectivity index (χ4n) is 2.19. The molecule has 0 bridgehead atoms. The summed E-state index contributed by atoms with van der Waals surface area (Å²) in [5.74, 6) is 0.379. The van der Waals surface area contributed by atoms with Crippen LogP contribution in [0.25, 0.3) is 0 Å². The predicted octanol–water partition coefficient (Wildman–Crippen LogP) is 1.01. The summed E-state index contributed by atoms with van der Waals surface area (Å²) in [5, 5.41) is 8.93. The second-order valence-corrected chi connectivity index (χ2v) is 5.20. The van der Waals surface area contributed by atoms with Gasteiger partial charge in [-0.1, -0.05) is 30.3 Å². The molecule has 2 amide bonds. The molecule has 116 valence electrons. The summed E-state index contributed by atoms with van der Waals surface area (Å²) < 4.78 is 0. The van der Waals surface area contributed by atoms with E-state index < -0.39 is 0 Å². The number of benzene rings is 1. The Hall–Kier alpha value is -1.59. The highest BCUT2D eigenvalue weighted by molar-refractivity contribution is 5.85. The van der Waals surface area contributed by atoms with Crippen molar-refractivity contribution in [3.63, 3.8) is 0 Å². The van der Waals surface area contributed by atoms with Crippen molar-refractivity contribution in [1.82, 2.24) is 16.0 Å². The minimum Gasteiger partial charge on any atom is -0.356 e. The highest BCUT2D eigenvalue weighted by Gasteiger charge is 2.20. The number of amides is 2. The molecule has 6 heteroatoms. The fraction of sp³-hybridized carbons (Fsp3) is 0.467. The summed E-state index contributed by atoms with van der Waals surface area (Å²) in [5.41, 5.74) is 0.947. The molecule has 1 heterocycles. The molecule has 1 aliphatic heterocycles. The Labute approximate surface area is 131 Å². The minimum absolute atomic E-state index is 0. The molecule has 5 nitrogen and oxygen atoms in total. The molecule has 0 aromatic heterocycles. The van der Waals surface area contributed by atoms with Gasteiger partial charge < -0.3 is 16.0 Å². The van der Waals surface area contributed by atoms with E-state index in [4.69, 9.17) is 0 Å². The molecule has 1 aromatic carbocycles. The van der Waals surface area contributed by atoms with Gasteiger partial charge in [-0.25, -0.2) is 0 Å². The topological polar surface area (TPSA) is 70.2 Å². The summed E-state index contributed by atoms with van der Waals surface area (Å²) >= 11 is 0. The van der Waals surface area contributed by atoms with Gasteiger partial charge in [0.15, 0.2) is 0 Å². The highest BCUT2D eigenvalue weighted by atomic mass is 35.5. The number of halogens is 1. The van der Waals surface area contributed by atoms with Crippen LogP contribution in [0.15, 0.2) is 30.3 Å². The molecular formula is C15H22ClN3O2. The zero-order chi connectivity index (χ0) is 14.4. The third kappa shape index (κ3) is 5.73. The maximum Gasteiger partial charge on any atom is 0.222 e. The molecule has 3 N–H and O–H groups in total. The lowest BCUT2D eigenvalue weighted by atomic mass is 10.0. The Morgan fingerprint density at radius 3 is 2.48 bits per heavy atom. The van der Waals surface area contributed by atoms with Crippen molar-refractivity contribution in [2.75, 3.05) is 19.6 Å². The SMILES string of the molecule is CC(=O)NC(CC(=O)NCC1CNC1)c1ccccc1.Cl. The molecule has 1 aromatic rings. The van der Waals surface area contributed by atoms with Gasteiger partial charge in [0.25, 0.3) is 0 Å². The Kier molecular flexibility index (Phi) is 7.19. The van der Waals surface area contributed by atoms with Crippen LogP contribution >= 0.6 is 12.4 Å². The Bertz CT molecular complexity index is 463. The van der Waals surface area contributed by atoms with Crippen molar-refractivity contribution in [3.8, 4) is 0 Å². The van der Waals surface area contributed by atoms with Crippen LogP contribution < -0.4 is 16.0 Å². The third-order valence-corrected chi connectivity index (χ3v) is 3.42. The van der Waals surface area contributed by atoms with E-state index in [1.54, 1.807) is 0 Å². The number of carbonyl (C=O) groups is 2. The van der Waals surface area contributed by atoms with Crippen molar-refractivity contribution in [1.29, 1.82) is 0 Å². The largest absolute Gasteiger partial charge is 0.356 e. The second-order valence-electron chi connectivity index (χ2n) is 5.20. The number of nitrogens with one attached hydrogen (secondary N) is 3. The van der Waals surface area contributed by atoms with E-state index in [1.165, 1.54) is 6.92 Å². The summed E-state index contributed by atoms with van der Waals surface area (Å²) in [6.07, 6.45) is 0.268. The molecule has 1 saturated heterocycles. The first-order chi connectivity index (χ1) is 9.65. The molecule has 0 aliphatic carbocycles. The van der Waals surface area contributed by atoms with Gasteiger partial charge in [0.2, 0.25) is 11.8 Å². The van der Waals surface area contributed by atoms with Crippen molar-refractivity contribution < 1.29 is 9.59 Å². The molecule has 0 saturated carbocycles. The maximum atomic E-state index is 12.0. The summed E-state index contributed by atoms with van der Waals surface area (Å²) in [6.45, 7) is 4.10. The molecule has 2 rings (SSSR count). The molecule has 0 spiro atoms. The third-order valence-electron chi connectivity index (χ3n) is 3.42. The lowest BCUT2D eigenvalue weighted by Crippen LogP contribution is -2.48. The van der Waals surface area contributed by atoms with E-state index in [-0.39, 0.29) is 36.7 Å². The number of carbonyl (C=O) groups excluding carboxylic acids is 2. The maximum absolute atomic E-state index is 12.0. The van der Waals surface area contributed by atoms with Crippen molar-refractivity contribution in [2.24, 2.45) is 5.92 Å². The Morgan fingerprint density at radius 2 is 1.95 bits per heavy atom. The van der Waals surface area contributed by atoms with Gasteiger partial charge in [-0.05, 0) is 5.56 Å². The van der Waals surface area contributed by atoms with Gasteiger partial charge in [-0.2, -0.15) is 0 Å². The van der Waals surface area contributed by atoms with E-state index in [1.807, 2.05) is 30.3 Å². The van der Waals surface area contributed by atoms with E-state index in [0.717, 1.165) is 18.7 Å². The average molecular weight is 312 g/mol. The van der Waals surface area contributed by atoms with E-state index in [2.05, 4.69) is 16.0 Å². The lowest BCUT2D eigenvalue weighted by molar-refractivity contribution is -0.123. The Balaban J connectivity index is 0.00000220. The van der Waals surface area contributed by atoms with Crippen LogP contribution in [0.5, 0.6) is 0 Å². The minimum atomic E-state index is -0.270. The van der Waals surface area contributed by atoms with Crippen LogP contribution in [0.4, 0.5) is 0 Å². The van der Waals surface area contributed by atoms with E-state index in [0.29, 0.717) is 12.5 Å². The van der Waals surface area contributed by atoms with Crippen molar-refractivity contribution in [2.45, 2.75) is 19.4 Å². The van der Waals surface area contributed by atoms with Crippen LogP contribution in [-0.2, 0) is 9.59 Å². The van der Waals surface area contributed by atoms with Crippen molar-refractivity contribution in [3.05, 3.63) is 35.9 Å².